The number of likely N-dealkylation sites (N-methyl/N-ethyl adjacent to an activating group) is 1. The summed E-state index contributed by atoms with van der Waals surface area (Å²) in [7, 11) is 4.40. The van der Waals surface area contributed by atoms with E-state index in [1.54, 1.807) is 6.07 Å². The quantitative estimate of drug-likeness (QED) is 0.869. The minimum atomic E-state index is 0.306. The van der Waals surface area contributed by atoms with Crippen LogP contribution in [-0.4, -0.2) is 31.1 Å². The Labute approximate surface area is 132 Å². The number of hydrogen-bond acceptors (Lipinski definition) is 2. The first-order chi connectivity index (χ1) is 9.52. The molecule has 0 bridgehead atoms. The van der Waals surface area contributed by atoms with Crippen LogP contribution in [0.1, 0.15) is 37.7 Å². The zero-order valence-electron chi connectivity index (χ0n) is 12.4. The molecule has 112 valence electrons. The van der Waals surface area contributed by atoms with E-state index in [0.29, 0.717) is 15.6 Å². The van der Waals surface area contributed by atoms with Crippen molar-refractivity contribution >= 4 is 23.2 Å². The average Bonchev–Trinajstić information content (AvgIpc) is 2.38. The Morgan fingerprint density at radius 1 is 1.05 bits per heavy atom. The predicted octanol–water partition coefficient (Wildman–Crippen LogP) is 4.35. The largest absolute Gasteiger partial charge is 0.311 e. The molecule has 1 fully saturated rings. The summed E-state index contributed by atoms with van der Waals surface area (Å²) in [5.41, 5.74) is 1.45. The van der Waals surface area contributed by atoms with Crippen LogP contribution in [0.4, 0.5) is 0 Å². The molecule has 1 saturated carbocycles. The lowest BCUT2D eigenvalue weighted by Gasteiger charge is -2.43. The van der Waals surface area contributed by atoms with Gasteiger partial charge in [0.2, 0.25) is 0 Å². The second-order valence-electron chi connectivity index (χ2n) is 6.06. The van der Waals surface area contributed by atoms with Gasteiger partial charge in [0.1, 0.15) is 0 Å². The van der Waals surface area contributed by atoms with Gasteiger partial charge >= 0.3 is 0 Å². The molecule has 0 aromatic heterocycles. The molecule has 0 atom stereocenters. The summed E-state index contributed by atoms with van der Waals surface area (Å²) < 4.78 is 0. The molecule has 0 spiro atoms. The third-order valence-corrected chi connectivity index (χ3v) is 4.87. The van der Waals surface area contributed by atoms with Crippen molar-refractivity contribution in [3.05, 3.63) is 33.8 Å². The molecule has 0 amide bonds. The first kappa shape index (κ1) is 16.1. The van der Waals surface area contributed by atoms with E-state index in [2.05, 4.69) is 24.3 Å². The Balaban J connectivity index is 1.93. The highest BCUT2D eigenvalue weighted by Crippen LogP contribution is 2.31. The summed E-state index contributed by atoms with van der Waals surface area (Å²) in [5.74, 6) is 0. The SMILES string of the molecule is CN(C)C1(CNCc2cc(Cl)cc(Cl)c2)CCCCC1. The lowest BCUT2D eigenvalue weighted by Crippen LogP contribution is -2.52. The van der Waals surface area contributed by atoms with Gasteiger partial charge in [0.15, 0.2) is 0 Å². The minimum Gasteiger partial charge on any atom is -0.311 e. The monoisotopic (exact) mass is 314 g/mol. The van der Waals surface area contributed by atoms with Gasteiger partial charge in [0.25, 0.3) is 0 Å². The molecule has 0 saturated heterocycles. The van der Waals surface area contributed by atoms with Crippen LogP contribution in [0.5, 0.6) is 0 Å². The summed E-state index contributed by atoms with van der Waals surface area (Å²) in [4.78, 5) is 2.39. The van der Waals surface area contributed by atoms with Gasteiger partial charge in [-0.25, -0.2) is 0 Å². The third-order valence-electron chi connectivity index (χ3n) is 4.44. The summed E-state index contributed by atoms with van der Waals surface area (Å²) in [6.45, 7) is 1.83. The summed E-state index contributed by atoms with van der Waals surface area (Å²) >= 11 is 12.1. The second kappa shape index (κ2) is 7.13. The molecule has 1 aliphatic carbocycles. The molecule has 20 heavy (non-hydrogen) atoms. The summed E-state index contributed by atoms with van der Waals surface area (Å²) in [6, 6.07) is 5.72. The van der Waals surface area contributed by atoms with Crippen molar-refractivity contribution in [1.29, 1.82) is 0 Å². The number of benzene rings is 1. The van der Waals surface area contributed by atoms with E-state index in [1.165, 1.54) is 32.1 Å². The average molecular weight is 315 g/mol. The predicted molar refractivity (Wildman–Crippen MR) is 87.7 cm³/mol. The zero-order valence-corrected chi connectivity index (χ0v) is 13.9. The van der Waals surface area contributed by atoms with E-state index in [9.17, 15) is 0 Å². The third kappa shape index (κ3) is 4.11. The van der Waals surface area contributed by atoms with Crippen molar-refractivity contribution < 1.29 is 0 Å². The van der Waals surface area contributed by atoms with Crippen molar-refractivity contribution in [2.45, 2.75) is 44.2 Å². The van der Waals surface area contributed by atoms with Crippen LogP contribution < -0.4 is 5.32 Å². The lowest BCUT2D eigenvalue weighted by molar-refractivity contribution is 0.0984. The van der Waals surface area contributed by atoms with Gasteiger partial charge in [-0.2, -0.15) is 0 Å². The number of halogens is 2. The van der Waals surface area contributed by atoms with Crippen molar-refractivity contribution in [3.8, 4) is 0 Å². The van der Waals surface area contributed by atoms with E-state index in [0.717, 1.165) is 18.7 Å². The fourth-order valence-corrected chi connectivity index (χ4v) is 3.72. The Morgan fingerprint density at radius 3 is 2.20 bits per heavy atom. The maximum absolute atomic E-state index is 6.04. The molecule has 0 aliphatic heterocycles. The van der Waals surface area contributed by atoms with Crippen LogP contribution in [0.2, 0.25) is 10.0 Å². The van der Waals surface area contributed by atoms with E-state index in [-0.39, 0.29) is 0 Å². The smallest absolute Gasteiger partial charge is 0.0424 e. The van der Waals surface area contributed by atoms with Crippen molar-refractivity contribution in [2.24, 2.45) is 0 Å². The Morgan fingerprint density at radius 2 is 1.65 bits per heavy atom. The Kier molecular flexibility index (Phi) is 5.74. The maximum Gasteiger partial charge on any atom is 0.0424 e. The van der Waals surface area contributed by atoms with Crippen molar-refractivity contribution in [3.63, 3.8) is 0 Å². The molecular formula is C16H24Cl2N2. The fourth-order valence-electron chi connectivity index (χ4n) is 3.14. The van der Waals surface area contributed by atoms with Gasteiger partial charge in [-0.3, -0.25) is 0 Å². The van der Waals surface area contributed by atoms with Crippen LogP contribution in [-0.2, 0) is 6.54 Å². The van der Waals surface area contributed by atoms with Crippen LogP contribution in [0.25, 0.3) is 0 Å². The number of hydrogen-bond donors (Lipinski definition) is 1. The van der Waals surface area contributed by atoms with Crippen LogP contribution in [0.15, 0.2) is 18.2 Å². The molecule has 1 N–H and O–H groups in total. The molecule has 1 aromatic rings. The molecule has 0 unspecified atom stereocenters. The number of rotatable bonds is 5. The van der Waals surface area contributed by atoms with Gasteiger partial charge in [-0.15, -0.1) is 0 Å². The van der Waals surface area contributed by atoms with Gasteiger partial charge in [-0.05, 0) is 50.7 Å². The normalized spacial score (nSPS) is 18.4. The molecule has 0 heterocycles. The van der Waals surface area contributed by atoms with Gasteiger partial charge in [-0.1, -0.05) is 42.5 Å². The lowest BCUT2D eigenvalue weighted by atomic mass is 9.80. The second-order valence-corrected chi connectivity index (χ2v) is 6.93. The molecule has 4 heteroatoms. The maximum atomic E-state index is 6.04. The van der Waals surface area contributed by atoms with Gasteiger partial charge in [0.05, 0.1) is 0 Å². The molecule has 1 aromatic carbocycles. The highest BCUT2D eigenvalue weighted by Gasteiger charge is 2.33. The molecule has 1 aliphatic rings. The van der Waals surface area contributed by atoms with Gasteiger partial charge in [0, 0.05) is 28.7 Å². The molecular weight excluding hydrogens is 291 g/mol. The van der Waals surface area contributed by atoms with E-state index in [4.69, 9.17) is 23.2 Å². The Bertz CT molecular complexity index is 420. The molecule has 0 radical (unpaired) electrons. The standard InChI is InChI=1S/C16H24Cl2N2/c1-20(2)16(6-4-3-5-7-16)12-19-11-13-8-14(17)10-15(18)9-13/h8-10,19H,3-7,11-12H2,1-2H3. The zero-order chi connectivity index (χ0) is 14.6. The highest BCUT2D eigenvalue weighted by atomic mass is 35.5. The molecule has 2 rings (SSSR count). The summed E-state index contributed by atoms with van der Waals surface area (Å²) in [5, 5.41) is 5.00. The highest BCUT2D eigenvalue weighted by molar-refractivity contribution is 6.34. The van der Waals surface area contributed by atoms with E-state index < -0.39 is 0 Å². The van der Waals surface area contributed by atoms with E-state index in [1.807, 2.05) is 12.1 Å². The van der Waals surface area contributed by atoms with Crippen molar-refractivity contribution in [1.82, 2.24) is 10.2 Å². The van der Waals surface area contributed by atoms with Crippen LogP contribution in [0, 0.1) is 0 Å². The first-order valence-corrected chi connectivity index (χ1v) is 8.11. The minimum absolute atomic E-state index is 0.306. The topological polar surface area (TPSA) is 15.3 Å². The number of nitrogens with zero attached hydrogens (tertiary/aromatic N) is 1. The summed E-state index contributed by atoms with van der Waals surface area (Å²) in [6.07, 6.45) is 6.61. The number of nitrogens with one attached hydrogen (secondary N) is 1. The van der Waals surface area contributed by atoms with Crippen LogP contribution >= 0.6 is 23.2 Å². The fraction of sp³-hybridized carbons (Fsp3) is 0.625. The molecule has 2 nitrogen and oxygen atoms in total. The van der Waals surface area contributed by atoms with Crippen molar-refractivity contribution in [2.75, 3.05) is 20.6 Å². The van der Waals surface area contributed by atoms with Crippen LogP contribution in [0.3, 0.4) is 0 Å². The Hall–Kier alpha value is -0.280. The first-order valence-electron chi connectivity index (χ1n) is 7.35. The van der Waals surface area contributed by atoms with E-state index >= 15 is 0 Å². The van der Waals surface area contributed by atoms with Gasteiger partial charge < -0.3 is 10.2 Å².